The number of rotatable bonds is 2. The summed E-state index contributed by atoms with van der Waals surface area (Å²) >= 11 is 6.07. The van der Waals surface area contributed by atoms with Gasteiger partial charge in [0.2, 0.25) is 0 Å². The average molecular weight is 356 g/mol. The highest BCUT2D eigenvalue weighted by molar-refractivity contribution is 6.30. The highest BCUT2D eigenvalue weighted by Crippen LogP contribution is 2.38. The fraction of sp³-hybridized carbons (Fsp3) is 0.381. The third-order valence-corrected chi connectivity index (χ3v) is 5.58. The number of aliphatic hydroxyl groups is 1. The average Bonchev–Trinajstić information content (AvgIpc) is 2.74. The van der Waals surface area contributed by atoms with Crippen molar-refractivity contribution in [1.82, 2.24) is 0 Å². The maximum Gasteiger partial charge on any atom is 0.275 e. The molecule has 0 radical (unpaired) electrons. The summed E-state index contributed by atoms with van der Waals surface area (Å²) < 4.78 is 2.36. The van der Waals surface area contributed by atoms with Crippen molar-refractivity contribution in [2.75, 3.05) is 18.0 Å². The second-order valence-electron chi connectivity index (χ2n) is 7.14. The summed E-state index contributed by atoms with van der Waals surface area (Å²) in [7, 11) is 0. The van der Waals surface area contributed by atoms with E-state index in [-0.39, 0.29) is 0 Å². The first kappa shape index (κ1) is 16.6. The number of amidine groups is 1. The van der Waals surface area contributed by atoms with Gasteiger partial charge in [0, 0.05) is 17.0 Å². The van der Waals surface area contributed by atoms with E-state index in [2.05, 4.69) is 40.7 Å². The summed E-state index contributed by atoms with van der Waals surface area (Å²) in [6.45, 7) is 3.69. The van der Waals surface area contributed by atoms with E-state index in [9.17, 15) is 5.11 Å². The van der Waals surface area contributed by atoms with Crippen LogP contribution < -0.4 is 4.90 Å². The Kier molecular flexibility index (Phi) is 4.30. The molecule has 2 aromatic carbocycles. The van der Waals surface area contributed by atoms with Crippen LogP contribution in [0.2, 0.25) is 5.02 Å². The molecule has 2 heterocycles. The Morgan fingerprint density at radius 1 is 1.00 bits per heavy atom. The lowest BCUT2D eigenvalue weighted by Gasteiger charge is -2.29. The molecule has 3 nitrogen and oxygen atoms in total. The maximum atomic E-state index is 11.8. The van der Waals surface area contributed by atoms with E-state index in [1.165, 1.54) is 30.7 Å². The number of hydrogen-bond donors (Lipinski definition) is 1. The number of anilines is 1. The summed E-state index contributed by atoms with van der Waals surface area (Å²) in [5.74, 6) is 1.24. The molecule has 0 fully saturated rings. The maximum absolute atomic E-state index is 11.8. The van der Waals surface area contributed by atoms with Gasteiger partial charge in [-0.2, -0.15) is 4.90 Å². The Morgan fingerprint density at radius 2 is 1.72 bits per heavy atom. The Balaban J connectivity index is 1.83. The second kappa shape index (κ2) is 6.47. The molecule has 0 saturated carbocycles. The largest absolute Gasteiger partial charge is 0.346 e. The van der Waals surface area contributed by atoms with Gasteiger partial charge in [-0.3, -0.25) is 4.58 Å². The third-order valence-electron chi connectivity index (χ3n) is 5.33. The summed E-state index contributed by atoms with van der Waals surface area (Å²) in [5, 5.41) is 12.5. The van der Waals surface area contributed by atoms with Crippen LogP contribution in [-0.4, -0.2) is 28.6 Å². The van der Waals surface area contributed by atoms with Gasteiger partial charge in [-0.15, -0.1) is 0 Å². The van der Waals surface area contributed by atoms with Crippen LogP contribution in [0.15, 0.2) is 48.5 Å². The van der Waals surface area contributed by atoms with Crippen LogP contribution in [0.1, 0.15) is 36.8 Å². The molecule has 130 valence electrons. The second-order valence-corrected chi connectivity index (χ2v) is 7.58. The number of halogens is 1. The van der Waals surface area contributed by atoms with Crippen LogP contribution in [0.5, 0.6) is 0 Å². The molecule has 0 aliphatic carbocycles. The van der Waals surface area contributed by atoms with E-state index >= 15 is 0 Å². The molecule has 2 aromatic rings. The van der Waals surface area contributed by atoms with E-state index in [4.69, 9.17) is 11.6 Å². The number of hydrogen-bond acceptors (Lipinski definition) is 2. The molecule has 0 saturated heterocycles. The van der Waals surface area contributed by atoms with Crippen LogP contribution in [0.4, 0.5) is 5.69 Å². The highest BCUT2D eigenvalue weighted by Gasteiger charge is 2.53. The quantitative estimate of drug-likeness (QED) is 0.813. The zero-order valence-electron chi connectivity index (χ0n) is 14.6. The molecule has 0 aromatic heterocycles. The summed E-state index contributed by atoms with van der Waals surface area (Å²) in [4.78, 5) is 2.14. The number of nitrogens with zero attached hydrogens (tertiary/aromatic N) is 2. The zero-order valence-corrected chi connectivity index (χ0v) is 15.3. The molecule has 2 aliphatic heterocycles. The molecule has 4 rings (SSSR count). The van der Waals surface area contributed by atoms with E-state index in [1.807, 2.05) is 24.3 Å². The van der Waals surface area contributed by atoms with Crippen molar-refractivity contribution in [3.8, 4) is 0 Å². The molecule has 2 aliphatic rings. The summed E-state index contributed by atoms with van der Waals surface area (Å²) in [6.07, 6.45) is 4.61. The van der Waals surface area contributed by atoms with Crippen molar-refractivity contribution in [1.29, 1.82) is 0 Å². The minimum atomic E-state index is -1.06. The minimum Gasteiger partial charge on any atom is -0.346 e. The monoisotopic (exact) mass is 355 g/mol. The minimum absolute atomic E-state index is 0.595. The predicted molar refractivity (Wildman–Crippen MR) is 102 cm³/mol. The molecular formula is C21H24ClN2O+. The van der Waals surface area contributed by atoms with Crippen LogP contribution in [0.3, 0.4) is 0 Å². The van der Waals surface area contributed by atoms with Crippen molar-refractivity contribution in [3.05, 3.63) is 64.7 Å². The molecular weight excluding hydrogens is 332 g/mol. The SMILES string of the molecule is Cc1ccc(N2C3=[N+](CCCCC3)C[C@@]2(O)c2ccc(Cl)cc2)cc1. The van der Waals surface area contributed by atoms with Gasteiger partial charge in [0.15, 0.2) is 6.54 Å². The first-order valence-corrected chi connectivity index (χ1v) is 9.42. The highest BCUT2D eigenvalue weighted by atomic mass is 35.5. The van der Waals surface area contributed by atoms with Crippen molar-refractivity contribution < 1.29 is 9.68 Å². The Hall–Kier alpha value is -1.84. The predicted octanol–water partition coefficient (Wildman–Crippen LogP) is 4.30. The lowest BCUT2D eigenvalue weighted by atomic mass is 10.00. The van der Waals surface area contributed by atoms with Crippen LogP contribution in [0.25, 0.3) is 0 Å². The Bertz CT molecular complexity index is 798. The lowest BCUT2D eigenvalue weighted by Crippen LogP contribution is -2.47. The molecule has 0 bridgehead atoms. The standard InChI is InChI=1S/C21H24ClN2O/c1-16-6-12-19(13-7-16)24-20-5-3-2-4-14-23(20)15-21(24,25)17-8-10-18(22)11-9-17/h6-13,25H,2-5,14-15H2,1H3/q+1/t21-/m1/s1. The fourth-order valence-corrected chi connectivity index (χ4v) is 4.14. The molecule has 1 atom stereocenters. The van der Waals surface area contributed by atoms with Crippen LogP contribution >= 0.6 is 11.6 Å². The Morgan fingerprint density at radius 3 is 2.44 bits per heavy atom. The van der Waals surface area contributed by atoms with Crippen molar-refractivity contribution in [3.63, 3.8) is 0 Å². The molecule has 0 spiro atoms. The zero-order chi connectivity index (χ0) is 17.4. The van der Waals surface area contributed by atoms with Gasteiger partial charge in [-0.05, 0) is 50.5 Å². The van der Waals surface area contributed by atoms with Crippen molar-refractivity contribution in [2.45, 2.75) is 38.3 Å². The van der Waals surface area contributed by atoms with Crippen molar-refractivity contribution >= 4 is 23.1 Å². The lowest BCUT2D eigenvalue weighted by molar-refractivity contribution is -0.534. The molecule has 0 unspecified atom stereocenters. The Labute approximate surface area is 154 Å². The topological polar surface area (TPSA) is 26.5 Å². The van der Waals surface area contributed by atoms with Gasteiger partial charge >= 0.3 is 0 Å². The van der Waals surface area contributed by atoms with Gasteiger partial charge in [-0.1, -0.05) is 41.4 Å². The van der Waals surface area contributed by atoms with Gasteiger partial charge in [-0.25, -0.2) is 0 Å². The van der Waals surface area contributed by atoms with E-state index in [1.54, 1.807) is 0 Å². The van der Waals surface area contributed by atoms with Crippen LogP contribution in [0, 0.1) is 6.92 Å². The molecule has 4 heteroatoms. The van der Waals surface area contributed by atoms with E-state index < -0.39 is 5.72 Å². The summed E-state index contributed by atoms with van der Waals surface area (Å²) in [5.41, 5.74) is 2.09. The third kappa shape index (κ3) is 2.96. The van der Waals surface area contributed by atoms with Gasteiger partial charge in [0.1, 0.15) is 5.69 Å². The fourth-order valence-electron chi connectivity index (χ4n) is 4.02. The van der Waals surface area contributed by atoms with Crippen molar-refractivity contribution in [2.24, 2.45) is 0 Å². The van der Waals surface area contributed by atoms with Gasteiger partial charge in [0.05, 0.1) is 6.54 Å². The molecule has 1 N–H and O–H groups in total. The number of benzene rings is 2. The number of aryl methyl sites for hydroxylation is 1. The summed E-state index contributed by atoms with van der Waals surface area (Å²) in [6, 6.07) is 16.0. The molecule has 25 heavy (non-hydrogen) atoms. The normalized spacial score (nSPS) is 23.6. The van der Waals surface area contributed by atoms with Crippen LogP contribution in [-0.2, 0) is 5.72 Å². The first-order chi connectivity index (χ1) is 12.1. The van der Waals surface area contributed by atoms with E-state index in [0.29, 0.717) is 11.6 Å². The molecule has 0 amide bonds. The first-order valence-electron chi connectivity index (χ1n) is 9.04. The van der Waals surface area contributed by atoms with E-state index in [0.717, 1.165) is 24.2 Å². The van der Waals surface area contributed by atoms with Gasteiger partial charge in [0.25, 0.3) is 11.6 Å². The smallest absolute Gasteiger partial charge is 0.275 e. The van der Waals surface area contributed by atoms with Gasteiger partial charge < -0.3 is 5.11 Å².